The Morgan fingerprint density at radius 1 is 1.28 bits per heavy atom. The first-order chi connectivity index (χ1) is 8.66. The van der Waals surface area contributed by atoms with Gasteiger partial charge < -0.3 is 10.0 Å². The first-order valence-corrected chi connectivity index (χ1v) is 7.12. The maximum Gasteiger partial charge on any atom is 0.0802 e. The zero-order valence-electron chi connectivity index (χ0n) is 11.5. The van der Waals surface area contributed by atoms with Crippen LogP contribution in [0.2, 0.25) is 0 Å². The molecule has 0 aromatic heterocycles. The number of rotatable bonds is 5. The molecule has 1 aliphatic rings. The van der Waals surface area contributed by atoms with Crippen molar-refractivity contribution in [2.24, 2.45) is 11.8 Å². The second-order valence-electron chi connectivity index (χ2n) is 5.81. The van der Waals surface area contributed by atoms with Crippen LogP contribution in [0.3, 0.4) is 0 Å². The van der Waals surface area contributed by atoms with E-state index < -0.39 is 0 Å². The van der Waals surface area contributed by atoms with E-state index in [9.17, 15) is 5.11 Å². The summed E-state index contributed by atoms with van der Waals surface area (Å²) in [6.07, 6.45) is 1.85. The molecule has 0 bridgehead atoms. The quantitative estimate of drug-likeness (QED) is 0.864. The Morgan fingerprint density at radius 2 is 2.00 bits per heavy atom. The zero-order chi connectivity index (χ0) is 13.0. The number of aliphatic hydroxyl groups is 1. The third-order valence-electron chi connectivity index (χ3n) is 4.15. The lowest BCUT2D eigenvalue weighted by molar-refractivity contribution is 0.147. The van der Waals surface area contributed by atoms with E-state index in [0.29, 0.717) is 0 Å². The molecule has 2 nitrogen and oxygen atoms in total. The molecule has 0 amide bonds. The molecule has 0 aliphatic carbocycles. The van der Waals surface area contributed by atoms with Crippen molar-refractivity contribution in [3.8, 4) is 0 Å². The summed E-state index contributed by atoms with van der Waals surface area (Å²) in [5, 5.41) is 10.1. The van der Waals surface area contributed by atoms with Crippen LogP contribution < -0.4 is 0 Å². The molecule has 1 saturated heterocycles. The molecular formula is C16H25NO. The highest BCUT2D eigenvalue weighted by Crippen LogP contribution is 2.25. The molecule has 2 unspecified atom stereocenters. The summed E-state index contributed by atoms with van der Waals surface area (Å²) in [5.41, 5.74) is 1.04. The molecule has 2 atom stereocenters. The lowest BCUT2D eigenvalue weighted by atomic mass is 9.95. The second-order valence-corrected chi connectivity index (χ2v) is 5.81. The van der Waals surface area contributed by atoms with Gasteiger partial charge in [0.2, 0.25) is 0 Å². The Kier molecular flexibility index (Phi) is 4.79. The van der Waals surface area contributed by atoms with Crippen LogP contribution in [0.5, 0.6) is 0 Å². The van der Waals surface area contributed by atoms with E-state index >= 15 is 0 Å². The van der Waals surface area contributed by atoms with Gasteiger partial charge in [0.15, 0.2) is 0 Å². The minimum atomic E-state index is -0.315. The Hall–Kier alpha value is -0.860. The summed E-state index contributed by atoms with van der Waals surface area (Å²) < 4.78 is 0. The molecule has 1 heterocycles. The van der Waals surface area contributed by atoms with Gasteiger partial charge in [0.1, 0.15) is 0 Å². The van der Waals surface area contributed by atoms with Gasteiger partial charge in [0.05, 0.1) is 6.10 Å². The van der Waals surface area contributed by atoms with Crippen molar-refractivity contribution >= 4 is 0 Å². The Morgan fingerprint density at radius 3 is 2.61 bits per heavy atom. The van der Waals surface area contributed by atoms with Crippen LogP contribution in [0.15, 0.2) is 30.3 Å². The summed E-state index contributed by atoms with van der Waals surface area (Å²) in [6.45, 7) is 8.04. The van der Waals surface area contributed by atoms with Crippen LogP contribution in [0.25, 0.3) is 0 Å². The SMILES string of the molecule is CC(C)C1CCN(CCC(O)c2ccccc2)C1. The van der Waals surface area contributed by atoms with E-state index in [0.717, 1.165) is 30.4 Å². The molecular weight excluding hydrogens is 222 g/mol. The first-order valence-electron chi connectivity index (χ1n) is 7.12. The average Bonchev–Trinajstić information content (AvgIpc) is 2.86. The molecule has 1 aliphatic heterocycles. The first kappa shape index (κ1) is 13.6. The smallest absolute Gasteiger partial charge is 0.0802 e. The van der Waals surface area contributed by atoms with Crippen molar-refractivity contribution in [1.29, 1.82) is 0 Å². The molecule has 1 aromatic rings. The van der Waals surface area contributed by atoms with Gasteiger partial charge in [-0.1, -0.05) is 44.2 Å². The maximum absolute atomic E-state index is 10.1. The monoisotopic (exact) mass is 247 g/mol. The third-order valence-corrected chi connectivity index (χ3v) is 4.15. The minimum absolute atomic E-state index is 0.315. The van der Waals surface area contributed by atoms with Gasteiger partial charge in [-0.25, -0.2) is 0 Å². The van der Waals surface area contributed by atoms with Crippen LogP contribution in [-0.4, -0.2) is 29.6 Å². The fraction of sp³-hybridized carbons (Fsp3) is 0.625. The Bertz CT molecular complexity index is 349. The number of hydrogen-bond acceptors (Lipinski definition) is 2. The number of benzene rings is 1. The predicted molar refractivity (Wildman–Crippen MR) is 75.4 cm³/mol. The minimum Gasteiger partial charge on any atom is -0.388 e. The molecule has 1 fully saturated rings. The maximum atomic E-state index is 10.1. The highest BCUT2D eigenvalue weighted by Gasteiger charge is 2.24. The van der Waals surface area contributed by atoms with Gasteiger partial charge in [-0.2, -0.15) is 0 Å². The molecule has 0 radical (unpaired) electrons. The summed E-state index contributed by atoms with van der Waals surface area (Å²) in [4.78, 5) is 2.50. The van der Waals surface area contributed by atoms with Crippen molar-refractivity contribution in [1.82, 2.24) is 4.90 Å². The molecule has 0 spiro atoms. The fourth-order valence-corrected chi connectivity index (χ4v) is 2.76. The predicted octanol–water partition coefficient (Wildman–Crippen LogP) is 3.09. The lowest BCUT2D eigenvalue weighted by Gasteiger charge is -2.19. The van der Waals surface area contributed by atoms with Crippen LogP contribution in [0, 0.1) is 11.8 Å². The summed E-state index contributed by atoms with van der Waals surface area (Å²) in [6, 6.07) is 9.98. The fourth-order valence-electron chi connectivity index (χ4n) is 2.76. The van der Waals surface area contributed by atoms with Crippen molar-refractivity contribution in [3.63, 3.8) is 0 Å². The van der Waals surface area contributed by atoms with Gasteiger partial charge in [-0.15, -0.1) is 0 Å². The number of aliphatic hydroxyl groups excluding tert-OH is 1. The largest absolute Gasteiger partial charge is 0.388 e. The van der Waals surface area contributed by atoms with Crippen molar-refractivity contribution in [3.05, 3.63) is 35.9 Å². The van der Waals surface area contributed by atoms with E-state index in [1.165, 1.54) is 19.5 Å². The van der Waals surface area contributed by atoms with Crippen LogP contribution in [0.1, 0.15) is 38.4 Å². The van der Waals surface area contributed by atoms with Gasteiger partial charge in [0, 0.05) is 13.1 Å². The van der Waals surface area contributed by atoms with Crippen LogP contribution >= 0.6 is 0 Å². The van der Waals surface area contributed by atoms with Crippen LogP contribution in [0.4, 0.5) is 0 Å². The second kappa shape index (κ2) is 6.35. The van der Waals surface area contributed by atoms with E-state index in [4.69, 9.17) is 0 Å². The van der Waals surface area contributed by atoms with E-state index in [-0.39, 0.29) is 6.10 Å². The lowest BCUT2D eigenvalue weighted by Crippen LogP contribution is -2.24. The summed E-state index contributed by atoms with van der Waals surface area (Å²) in [7, 11) is 0. The standard InChI is InChI=1S/C16H25NO/c1-13(2)15-8-10-17(12-15)11-9-16(18)14-6-4-3-5-7-14/h3-7,13,15-16,18H,8-12H2,1-2H3. The summed E-state index contributed by atoms with van der Waals surface area (Å²) >= 11 is 0. The van der Waals surface area contributed by atoms with Gasteiger partial charge in [-0.3, -0.25) is 0 Å². The summed E-state index contributed by atoms with van der Waals surface area (Å²) in [5.74, 6) is 1.63. The molecule has 2 rings (SSSR count). The molecule has 18 heavy (non-hydrogen) atoms. The van der Waals surface area contributed by atoms with E-state index in [1.54, 1.807) is 0 Å². The van der Waals surface area contributed by atoms with Crippen molar-refractivity contribution in [2.75, 3.05) is 19.6 Å². The number of likely N-dealkylation sites (tertiary alicyclic amines) is 1. The molecule has 2 heteroatoms. The van der Waals surface area contributed by atoms with E-state index in [2.05, 4.69) is 18.7 Å². The third kappa shape index (κ3) is 3.56. The van der Waals surface area contributed by atoms with Crippen molar-refractivity contribution in [2.45, 2.75) is 32.8 Å². The average molecular weight is 247 g/mol. The highest BCUT2D eigenvalue weighted by atomic mass is 16.3. The topological polar surface area (TPSA) is 23.5 Å². The van der Waals surface area contributed by atoms with Crippen molar-refractivity contribution < 1.29 is 5.11 Å². The molecule has 100 valence electrons. The van der Waals surface area contributed by atoms with Gasteiger partial charge in [0.25, 0.3) is 0 Å². The van der Waals surface area contributed by atoms with Gasteiger partial charge >= 0.3 is 0 Å². The zero-order valence-corrected chi connectivity index (χ0v) is 11.5. The Labute approximate surface area is 111 Å². The molecule has 1 aromatic carbocycles. The van der Waals surface area contributed by atoms with Gasteiger partial charge in [-0.05, 0) is 36.8 Å². The Balaban J connectivity index is 1.76. The normalized spacial score (nSPS) is 22.6. The molecule has 0 saturated carbocycles. The number of hydrogen-bond donors (Lipinski definition) is 1. The highest BCUT2D eigenvalue weighted by molar-refractivity contribution is 5.17. The van der Waals surface area contributed by atoms with E-state index in [1.807, 2.05) is 30.3 Å². The number of nitrogens with zero attached hydrogens (tertiary/aromatic N) is 1. The van der Waals surface area contributed by atoms with Crippen LogP contribution in [-0.2, 0) is 0 Å². The molecule has 1 N–H and O–H groups in total.